The molecule has 0 aromatic heterocycles. The number of likely N-dealkylation sites (tertiary alicyclic amines) is 1. The van der Waals surface area contributed by atoms with Gasteiger partial charge in [0.25, 0.3) is 11.6 Å². The van der Waals surface area contributed by atoms with Gasteiger partial charge in [-0.3, -0.25) is 19.7 Å². The van der Waals surface area contributed by atoms with Crippen molar-refractivity contribution in [3.05, 3.63) is 32.3 Å². The van der Waals surface area contributed by atoms with Gasteiger partial charge in [0, 0.05) is 43.8 Å². The number of nitro benzene ring substituents is 1. The van der Waals surface area contributed by atoms with Crippen LogP contribution in [0.2, 0.25) is 0 Å². The van der Waals surface area contributed by atoms with Gasteiger partial charge in [0.1, 0.15) is 11.6 Å². The van der Waals surface area contributed by atoms with E-state index in [1.165, 1.54) is 13.1 Å². The normalized spacial score (nSPS) is 16.6. The third-order valence-corrected chi connectivity index (χ3v) is 4.94. The number of nitrogens with zero attached hydrogens (tertiary/aromatic N) is 3. The molecule has 10 heteroatoms. The van der Waals surface area contributed by atoms with Crippen molar-refractivity contribution in [3.63, 3.8) is 0 Å². The number of benzene rings is 1. The number of halogens is 2. The van der Waals surface area contributed by atoms with E-state index in [9.17, 15) is 19.7 Å². The van der Waals surface area contributed by atoms with E-state index >= 15 is 0 Å². The standard InChI is InChI=1S/C15H18BrClN4O4/c1-18-15(23)11-5-9(16)6-12(21(24)25)14(11)19(2)10-3-4-20(8-10)13(22)7-17/h5-6,10H,3-4,7-8H2,1-2H3,(H,18,23). The summed E-state index contributed by atoms with van der Waals surface area (Å²) in [5.74, 6) is -0.689. The number of carbonyl (C=O) groups is 2. The molecule has 8 nitrogen and oxygen atoms in total. The number of hydrogen-bond acceptors (Lipinski definition) is 5. The summed E-state index contributed by atoms with van der Waals surface area (Å²) < 4.78 is 0.445. The lowest BCUT2D eigenvalue weighted by Crippen LogP contribution is -2.38. The molecule has 1 unspecified atom stereocenters. The summed E-state index contributed by atoms with van der Waals surface area (Å²) in [6.45, 7) is 0.933. The lowest BCUT2D eigenvalue weighted by molar-refractivity contribution is -0.384. The first-order chi connectivity index (χ1) is 11.8. The highest BCUT2D eigenvalue weighted by Gasteiger charge is 2.34. The molecular weight excluding hydrogens is 416 g/mol. The van der Waals surface area contributed by atoms with E-state index in [4.69, 9.17) is 11.6 Å². The molecular formula is C15H18BrClN4O4. The van der Waals surface area contributed by atoms with Crippen LogP contribution in [0, 0.1) is 10.1 Å². The Morgan fingerprint density at radius 2 is 2.20 bits per heavy atom. The molecule has 1 fully saturated rings. The third-order valence-electron chi connectivity index (χ3n) is 4.25. The number of nitro groups is 1. The molecule has 0 bridgehead atoms. The van der Waals surface area contributed by atoms with Gasteiger partial charge >= 0.3 is 0 Å². The van der Waals surface area contributed by atoms with Gasteiger partial charge in [-0.15, -0.1) is 11.6 Å². The summed E-state index contributed by atoms with van der Waals surface area (Å²) in [5.41, 5.74) is 0.267. The Kier molecular flexibility index (Phi) is 6.23. The van der Waals surface area contributed by atoms with Crippen molar-refractivity contribution >= 4 is 50.7 Å². The molecule has 2 amide bonds. The van der Waals surface area contributed by atoms with Crippen LogP contribution in [-0.4, -0.2) is 60.7 Å². The average molecular weight is 434 g/mol. The van der Waals surface area contributed by atoms with E-state index in [0.29, 0.717) is 24.0 Å². The van der Waals surface area contributed by atoms with E-state index in [-0.39, 0.29) is 34.8 Å². The minimum atomic E-state index is -0.514. The van der Waals surface area contributed by atoms with Crippen LogP contribution in [0.4, 0.5) is 11.4 Å². The number of hydrogen-bond donors (Lipinski definition) is 1. The molecule has 0 aliphatic carbocycles. The zero-order valence-corrected chi connectivity index (χ0v) is 16.1. The van der Waals surface area contributed by atoms with Crippen LogP contribution >= 0.6 is 27.5 Å². The van der Waals surface area contributed by atoms with Crippen molar-refractivity contribution in [2.45, 2.75) is 12.5 Å². The molecule has 1 N–H and O–H groups in total. The van der Waals surface area contributed by atoms with Gasteiger partial charge in [0.15, 0.2) is 0 Å². The summed E-state index contributed by atoms with van der Waals surface area (Å²) in [5, 5.41) is 14.0. The largest absolute Gasteiger partial charge is 0.364 e. The maximum absolute atomic E-state index is 12.2. The third kappa shape index (κ3) is 4.04. The first-order valence-corrected chi connectivity index (χ1v) is 8.89. The fourth-order valence-electron chi connectivity index (χ4n) is 2.95. The van der Waals surface area contributed by atoms with Crippen molar-refractivity contribution in [1.82, 2.24) is 10.2 Å². The quantitative estimate of drug-likeness (QED) is 0.435. The molecule has 1 aromatic rings. The Balaban J connectivity index is 2.44. The molecule has 1 aliphatic heterocycles. The van der Waals surface area contributed by atoms with Gasteiger partial charge in [-0.25, -0.2) is 0 Å². The number of anilines is 1. The second-order valence-corrected chi connectivity index (χ2v) is 6.87. The van der Waals surface area contributed by atoms with E-state index in [0.717, 1.165) is 0 Å². The van der Waals surface area contributed by atoms with Gasteiger partial charge in [-0.1, -0.05) is 15.9 Å². The van der Waals surface area contributed by atoms with Gasteiger partial charge in [0.2, 0.25) is 5.91 Å². The lowest BCUT2D eigenvalue weighted by Gasteiger charge is -2.28. The van der Waals surface area contributed by atoms with Crippen molar-refractivity contribution in [2.24, 2.45) is 0 Å². The Morgan fingerprint density at radius 3 is 2.76 bits per heavy atom. The number of rotatable bonds is 5. The predicted octanol–water partition coefficient (Wildman–Crippen LogP) is 1.99. The van der Waals surface area contributed by atoms with Gasteiger partial charge in [-0.05, 0) is 12.5 Å². The first-order valence-electron chi connectivity index (χ1n) is 7.56. The molecule has 1 aliphatic rings. The summed E-state index contributed by atoms with van der Waals surface area (Å²) in [7, 11) is 3.16. The number of nitrogens with one attached hydrogen (secondary N) is 1. The Bertz CT molecular complexity index is 715. The molecule has 0 saturated carbocycles. The molecule has 0 spiro atoms. The van der Waals surface area contributed by atoms with Gasteiger partial charge < -0.3 is 15.1 Å². The molecule has 1 aromatic carbocycles. The highest BCUT2D eigenvalue weighted by atomic mass is 79.9. The van der Waals surface area contributed by atoms with Gasteiger partial charge in [0.05, 0.1) is 10.5 Å². The molecule has 1 saturated heterocycles. The van der Waals surface area contributed by atoms with Crippen LogP contribution in [0.3, 0.4) is 0 Å². The molecule has 0 radical (unpaired) electrons. The van der Waals surface area contributed by atoms with Crippen molar-refractivity contribution in [3.8, 4) is 0 Å². The SMILES string of the molecule is CNC(=O)c1cc(Br)cc([N+](=O)[O-])c1N(C)C1CCN(C(=O)CCl)C1. The highest BCUT2D eigenvalue weighted by Crippen LogP contribution is 2.37. The van der Waals surface area contributed by atoms with Crippen LogP contribution in [0.5, 0.6) is 0 Å². The molecule has 1 atom stereocenters. The summed E-state index contributed by atoms with van der Waals surface area (Å²) in [4.78, 5) is 38.3. The molecule has 25 heavy (non-hydrogen) atoms. The number of alkyl halides is 1. The number of carbonyl (C=O) groups excluding carboxylic acids is 2. The molecule has 2 rings (SSSR count). The van der Waals surface area contributed by atoms with Crippen molar-refractivity contribution < 1.29 is 14.5 Å². The summed E-state index contributed by atoms with van der Waals surface area (Å²) in [6, 6.07) is 2.78. The minimum absolute atomic E-state index is 0.0989. The van der Waals surface area contributed by atoms with E-state index in [1.807, 2.05) is 0 Å². The van der Waals surface area contributed by atoms with Crippen molar-refractivity contribution in [2.75, 3.05) is 38.0 Å². The van der Waals surface area contributed by atoms with Crippen LogP contribution in [-0.2, 0) is 4.79 Å². The van der Waals surface area contributed by atoms with E-state index < -0.39 is 10.8 Å². The van der Waals surface area contributed by atoms with Crippen LogP contribution < -0.4 is 10.2 Å². The highest BCUT2D eigenvalue weighted by molar-refractivity contribution is 9.10. The monoisotopic (exact) mass is 432 g/mol. The maximum atomic E-state index is 12.2. The van der Waals surface area contributed by atoms with Crippen LogP contribution in [0.15, 0.2) is 16.6 Å². The number of likely N-dealkylation sites (N-methyl/N-ethyl adjacent to an activating group) is 1. The lowest BCUT2D eigenvalue weighted by atomic mass is 10.1. The smallest absolute Gasteiger partial charge is 0.294 e. The van der Waals surface area contributed by atoms with E-state index in [2.05, 4.69) is 21.2 Å². The second kappa shape index (κ2) is 8.01. The molecule has 1 heterocycles. The zero-order valence-electron chi connectivity index (χ0n) is 13.8. The number of amides is 2. The first kappa shape index (κ1) is 19.5. The maximum Gasteiger partial charge on any atom is 0.294 e. The Labute approximate surface area is 158 Å². The van der Waals surface area contributed by atoms with Crippen LogP contribution in [0.25, 0.3) is 0 Å². The molecule has 136 valence electrons. The predicted molar refractivity (Wildman–Crippen MR) is 98.3 cm³/mol. The average Bonchev–Trinajstić information content (AvgIpc) is 3.08. The zero-order chi connectivity index (χ0) is 18.7. The van der Waals surface area contributed by atoms with Crippen molar-refractivity contribution in [1.29, 1.82) is 0 Å². The minimum Gasteiger partial charge on any atom is -0.364 e. The fourth-order valence-corrected chi connectivity index (χ4v) is 3.57. The summed E-state index contributed by atoms with van der Waals surface area (Å²) >= 11 is 8.81. The van der Waals surface area contributed by atoms with E-state index in [1.54, 1.807) is 22.9 Å². The van der Waals surface area contributed by atoms with Gasteiger partial charge in [-0.2, -0.15) is 0 Å². The van der Waals surface area contributed by atoms with Crippen LogP contribution in [0.1, 0.15) is 16.8 Å². The summed E-state index contributed by atoms with van der Waals surface area (Å²) in [6.07, 6.45) is 0.638. The fraction of sp³-hybridized carbons (Fsp3) is 0.467. The second-order valence-electron chi connectivity index (χ2n) is 5.68. The Hall–Kier alpha value is -1.87. The topological polar surface area (TPSA) is 95.8 Å². The Morgan fingerprint density at radius 1 is 1.52 bits per heavy atom.